The fourth-order valence-electron chi connectivity index (χ4n) is 2.05. The molecule has 1 aromatic heterocycles. The van der Waals surface area contributed by atoms with Gasteiger partial charge in [0.1, 0.15) is 6.54 Å². The molecule has 0 aromatic carbocycles. The molecule has 6 nitrogen and oxygen atoms in total. The summed E-state index contributed by atoms with van der Waals surface area (Å²) in [6.45, 7) is 3.85. The van der Waals surface area contributed by atoms with Crippen molar-refractivity contribution in [2.45, 2.75) is 25.8 Å². The zero-order valence-electron chi connectivity index (χ0n) is 11.7. The Labute approximate surface area is 135 Å². The van der Waals surface area contributed by atoms with Crippen LogP contribution in [0.4, 0.5) is 4.79 Å². The molecule has 2 rings (SSSR count). The first-order valence-electron chi connectivity index (χ1n) is 6.55. The van der Waals surface area contributed by atoms with E-state index in [1.807, 2.05) is 13.0 Å². The van der Waals surface area contributed by atoms with Crippen molar-refractivity contribution in [2.75, 3.05) is 13.1 Å². The molecule has 0 bridgehead atoms. The summed E-state index contributed by atoms with van der Waals surface area (Å²) in [6, 6.07) is 3.06. The summed E-state index contributed by atoms with van der Waals surface area (Å²) in [5.41, 5.74) is -1.11. The van der Waals surface area contributed by atoms with Gasteiger partial charge in [0.2, 0.25) is 5.91 Å². The lowest BCUT2D eigenvalue weighted by Gasteiger charge is -2.19. The highest BCUT2D eigenvalue weighted by Gasteiger charge is 2.50. The zero-order chi connectivity index (χ0) is 15.6. The molecule has 1 saturated heterocycles. The normalized spacial score (nSPS) is 21.6. The summed E-state index contributed by atoms with van der Waals surface area (Å²) >= 11 is 4.72. The molecule has 0 saturated carbocycles. The Morgan fingerprint density at radius 1 is 1.48 bits per heavy atom. The van der Waals surface area contributed by atoms with Gasteiger partial charge in [0.05, 0.1) is 3.79 Å². The molecule has 1 aliphatic heterocycles. The smallest absolute Gasteiger partial charge is 0.325 e. The summed E-state index contributed by atoms with van der Waals surface area (Å²) in [5, 5.41) is 5.32. The van der Waals surface area contributed by atoms with Gasteiger partial charge in [-0.2, -0.15) is 0 Å². The number of carbonyl (C=O) groups excluding carboxylic acids is 3. The number of halogens is 1. The molecular weight excluding hydrogens is 358 g/mol. The summed E-state index contributed by atoms with van der Waals surface area (Å²) in [5.74, 6) is -0.745. The topological polar surface area (TPSA) is 78.5 Å². The molecule has 1 fully saturated rings. The van der Waals surface area contributed by atoms with Crippen molar-refractivity contribution in [3.63, 3.8) is 0 Å². The van der Waals surface area contributed by atoms with E-state index >= 15 is 0 Å². The highest BCUT2D eigenvalue weighted by molar-refractivity contribution is 9.11. The zero-order valence-corrected chi connectivity index (χ0v) is 14.1. The maximum atomic E-state index is 12.5. The first-order chi connectivity index (χ1) is 9.88. The number of imide groups is 1. The minimum Gasteiger partial charge on any atom is -0.355 e. The molecule has 2 N–H and O–H groups in total. The molecule has 1 atom stereocenters. The van der Waals surface area contributed by atoms with E-state index in [9.17, 15) is 14.4 Å². The third kappa shape index (κ3) is 3.11. The van der Waals surface area contributed by atoms with Gasteiger partial charge in [-0.1, -0.05) is 6.92 Å². The molecule has 0 spiro atoms. The Bertz CT molecular complexity index is 589. The Kier molecular flexibility index (Phi) is 4.67. The second-order valence-electron chi connectivity index (χ2n) is 4.90. The summed E-state index contributed by atoms with van der Waals surface area (Å²) in [4.78, 5) is 37.9. The largest absolute Gasteiger partial charge is 0.355 e. The van der Waals surface area contributed by atoms with Crippen LogP contribution in [-0.4, -0.2) is 35.8 Å². The maximum absolute atomic E-state index is 12.5. The second kappa shape index (κ2) is 6.15. The van der Waals surface area contributed by atoms with Crippen molar-refractivity contribution in [1.82, 2.24) is 15.5 Å². The molecule has 0 unspecified atom stereocenters. The van der Waals surface area contributed by atoms with E-state index in [-0.39, 0.29) is 12.5 Å². The number of nitrogens with zero attached hydrogens (tertiary/aromatic N) is 1. The lowest BCUT2D eigenvalue weighted by molar-refractivity contribution is -0.134. The van der Waals surface area contributed by atoms with Crippen molar-refractivity contribution in [1.29, 1.82) is 0 Å². The third-order valence-electron chi connectivity index (χ3n) is 3.21. The number of urea groups is 1. The summed E-state index contributed by atoms with van der Waals surface area (Å²) < 4.78 is 0.875. The molecular formula is C13H16BrN3O3S. The van der Waals surface area contributed by atoms with Crippen molar-refractivity contribution in [2.24, 2.45) is 0 Å². The molecule has 0 radical (unpaired) electrons. The highest BCUT2D eigenvalue weighted by atomic mass is 79.9. The van der Waals surface area contributed by atoms with Gasteiger partial charge in [0.15, 0.2) is 5.54 Å². The van der Waals surface area contributed by atoms with Crippen LogP contribution in [0.15, 0.2) is 15.9 Å². The van der Waals surface area contributed by atoms with Crippen molar-refractivity contribution >= 4 is 45.1 Å². The molecule has 0 aliphatic carbocycles. The van der Waals surface area contributed by atoms with Crippen LogP contribution in [0, 0.1) is 0 Å². The van der Waals surface area contributed by atoms with E-state index in [0.29, 0.717) is 6.54 Å². The summed E-state index contributed by atoms with van der Waals surface area (Å²) in [6.07, 6.45) is 0.798. The molecule has 1 aliphatic rings. The lowest BCUT2D eigenvalue weighted by atomic mass is 10.0. The monoisotopic (exact) mass is 373 g/mol. The average Bonchev–Trinajstić information content (AvgIpc) is 2.95. The van der Waals surface area contributed by atoms with Gasteiger partial charge in [-0.25, -0.2) is 4.79 Å². The number of carbonyl (C=O) groups is 3. The van der Waals surface area contributed by atoms with Gasteiger partial charge in [-0.05, 0) is 41.4 Å². The van der Waals surface area contributed by atoms with Crippen LogP contribution in [-0.2, 0) is 15.1 Å². The second-order valence-corrected chi connectivity index (χ2v) is 7.36. The molecule has 1 aromatic rings. The number of thiophene rings is 1. The quantitative estimate of drug-likeness (QED) is 0.772. The van der Waals surface area contributed by atoms with Crippen LogP contribution in [0.2, 0.25) is 0 Å². The van der Waals surface area contributed by atoms with Crippen LogP contribution in [0.25, 0.3) is 0 Å². The van der Waals surface area contributed by atoms with Crippen molar-refractivity contribution < 1.29 is 14.4 Å². The van der Waals surface area contributed by atoms with Crippen LogP contribution in [0.1, 0.15) is 25.1 Å². The minimum atomic E-state index is -1.11. The Morgan fingerprint density at radius 2 is 2.19 bits per heavy atom. The standard InChI is InChI=1S/C13H16BrN3O3S/c1-3-6-15-10(18)7-17-11(19)13(2,16-12(17)20)8-4-5-9(14)21-8/h4-5H,3,6-7H2,1-2H3,(H,15,18)(H,16,20)/t13-/m0/s1. The number of rotatable bonds is 5. The van der Waals surface area contributed by atoms with Crippen molar-refractivity contribution in [3.05, 3.63) is 20.8 Å². The molecule has 8 heteroatoms. The van der Waals surface area contributed by atoms with E-state index in [1.54, 1.807) is 13.0 Å². The van der Waals surface area contributed by atoms with Gasteiger partial charge in [0, 0.05) is 11.4 Å². The Hall–Kier alpha value is -1.41. The van der Waals surface area contributed by atoms with Crippen LogP contribution in [0.3, 0.4) is 0 Å². The van der Waals surface area contributed by atoms with Gasteiger partial charge in [0.25, 0.3) is 5.91 Å². The van der Waals surface area contributed by atoms with E-state index < -0.39 is 17.5 Å². The number of hydrogen-bond donors (Lipinski definition) is 2. The average molecular weight is 374 g/mol. The molecule has 2 heterocycles. The summed E-state index contributed by atoms with van der Waals surface area (Å²) in [7, 11) is 0. The fraction of sp³-hybridized carbons (Fsp3) is 0.462. The number of hydrogen-bond acceptors (Lipinski definition) is 4. The van der Waals surface area contributed by atoms with E-state index in [2.05, 4.69) is 26.6 Å². The maximum Gasteiger partial charge on any atom is 0.325 e. The van der Waals surface area contributed by atoms with Gasteiger partial charge in [-0.3, -0.25) is 14.5 Å². The van der Waals surface area contributed by atoms with E-state index in [4.69, 9.17) is 0 Å². The van der Waals surface area contributed by atoms with E-state index in [1.165, 1.54) is 11.3 Å². The number of amides is 4. The first kappa shape index (κ1) is 16.0. The highest BCUT2D eigenvalue weighted by Crippen LogP contribution is 2.35. The minimum absolute atomic E-state index is 0.257. The first-order valence-corrected chi connectivity index (χ1v) is 8.16. The number of nitrogens with one attached hydrogen (secondary N) is 2. The molecule has 114 valence electrons. The van der Waals surface area contributed by atoms with Gasteiger partial charge < -0.3 is 10.6 Å². The predicted molar refractivity (Wildman–Crippen MR) is 82.9 cm³/mol. The van der Waals surface area contributed by atoms with Crippen molar-refractivity contribution in [3.8, 4) is 0 Å². The molecule has 21 heavy (non-hydrogen) atoms. The SMILES string of the molecule is CCCNC(=O)CN1C(=O)N[C@@](C)(c2ccc(Br)s2)C1=O. The lowest BCUT2D eigenvalue weighted by Crippen LogP contribution is -2.43. The fourth-order valence-corrected chi connectivity index (χ4v) is 3.53. The van der Waals surface area contributed by atoms with Gasteiger partial charge >= 0.3 is 6.03 Å². The predicted octanol–water partition coefficient (Wildman–Crippen LogP) is 1.80. The van der Waals surface area contributed by atoms with Gasteiger partial charge in [-0.15, -0.1) is 11.3 Å². The van der Waals surface area contributed by atoms with Crippen LogP contribution in [0.5, 0.6) is 0 Å². The van der Waals surface area contributed by atoms with E-state index in [0.717, 1.165) is 20.0 Å². The Morgan fingerprint density at radius 3 is 2.76 bits per heavy atom. The Balaban J connectivity index is 2.14. The van der Waals surface area contributed by atoms with Crippen LogP contribution < -0.4 is 10.6 Å². The molecule has 4 amide bonds. The van der Waals surface area contributed by atoms with Crippen LogP contribution >= 0.6 is 27.3 Å². The third-order valence-corrected chi connectivity index (χ3v) is 5.06.